The highest BCUT2D eigenvalue weighted by Gasteiger charge is 2.19. The summed E-state index contributed by atoms with van der Waals surface area (Å²) in [4.78, 5) is 20.0. The molecule has 4 nitrogen and oxygen atoms in total. The molecule has 0 saturated heterocycles. The van der Waals surface area contributed by atoms with Gasteiger partial charge in [-0.1, -0.05) is 30.3 Å². The molecule has 0 aliphatic heterocycles. The van der Waals surface area contributed by atoms with Crippen LogP contribution in [0.2, 0.25) is 0 Å². The molecule has 0 radical (unpaired) electrons. The number of aryl methyl sites for hydroxylation is 1. The Morgan fingerprint density at radius 1 is 1.24 bits per heavy atom. The molecular formula is C19H21N3OS2. The van der Waals surface area contributed by atoms with Gasteiger partial charge in [-0.15, -0.1) is 11.3 Å². The van der Waals surface area contributed by atoms with E-state index < -0.39 is 0 Å². The summed E-state index contributed by atoms with van der Waals surface area (Å²) in [7, 11) is 4.05. The van der Waals surface area contributed by atoms with Gasteiger partial charge in [0.25, 0.3) is 5.91 Å². The van der Waals surface area contributed by atoms with E-state index in [9.17, 15) is 4.79 Å². The predicted molar refractivity (Wildman–Crippen MR) is 105 cm³/mol. The minimum Gasteiger partial charge on any atom is -0.349 e. The highest BCUT2D eigenvalue weighted by molar-refractivity contribution is 7.17. The van der Waals surface area contributed by atoms with Gasteiger partial charge in [-0.3, -0.25) is 4.79 Å². The average molecular weight is 372 g/mol. The van der Waals surface area contributed by atoms with Gasteiger partial charge in [0, 0.05) is 17.5 Å². The van der Waals surface area contributed by atoms with E-state index in [1.54, 1.807) is 11.3 Å². The summed E-state index contributed by atoms with van der Waals surface area (Å²) in [6.45, 7) is 2.45. The first-order valence-corrected chi connectivity index (χ1v) is 9.81. The van der Waals surface area contributed by atoms with Crippen molar-refractivity contribution in [3.05, 3.63) is 63.3 Å². The minimum atomic E-state index is -0.0562. The normalized spacial score (nSPS) is 12.3. The van der Waals surface area contributed by atoms with Crippen LogP contribution in [0.1, 0.15) is 27.0 Å². The Hall–Kier alpha value is -2.02. The molecule has 1 unspecified atom stereocenters. The highest BCUT2D eigenvalue weighted by atomic mass is 32.1. The summed E-state index contributed by atoms with van der Waals surface area (Å²) in [6.07, 6.45) is 0. The zero-order valence-corrected chi connectivity index (χ0v) is 16.2. The Bertz CT molecular complexity index is 826. The van der Waals surface area contributed by atoms with Crippen LogP contribution in [0.15, 0.2) is 47.2 Å². The second-order valence-corrected chi connectivity index (χ2v) is 7.82. The zero-order chi connectivity index (χ0) is 17.8. The molecule has 1 N–H and O–H groups in total. The number of likely N-dealkylation sites (N-methyl/N-ethyl adjacent to an activating group) is 1. The number of amides is 1. The summed E-state index contributed by atoms with van der Waals surface area (Å²) in [6, 6.07) is 12.4. The molecule has 1 aromatic carbocycles. The number of benzene rings is 1. The molecule has 3 aromatic rings. The number of thiazole rings is 1. The van der Waals surface area contributed by atoms with E-state index in [2.05, 4.69) is 32.7 Å². The fourth-order valence-electron chi connectivity index (χ4n) is 2.66. The summed E-state index contributed by atoms with van der Waals surface area (Å²) in [5.41, 5.74) is 3.05. The molecule has 0 fully saturated rings. The molecule has 0 spiro atoms. The number of aromatic nitrogens is 1. The van der Waals surface area contributed by atoms with Gasteiger partial charge in [-0.25, -0.2) is 4.98 Å². The number of carbonyl (C=O) groups is 1. The molecule has 2 aromatic heterocycles. The van der Waals surface area contributed by atoms with Crippen LogP contribution in [0.5, 0.6) is 0 Å². The van der Waals surface area contributed by atoms with Gasteiger partial charge >= 0.3 is 0 Å². The molecule has 1 atom stereocenters. The maximum atomic E-state index is 12.7. The zero-order valence-electron chi connectivity index (χ0n) is 14.5. The first-order valence-electron chi connectivity index (χ1n) is 8.06. The maximum Gasteiger partial charge on any atom is 0.263 e. The lowest BCUT2D eigenvalue weighted by Gasteiger charge is -2.25. The van der Waals surface area contributed by atoms with E-state index in [1.807, 2.05) is 50.7 Å². The largest absolute Gasteiger partial charge is 0.349 e. The monoisotopic (exact) mass is 371 g/mol. The number of hydrogen-bond acceptors (Lipinski definition) is 5. The molecule has 0 aliphatic rings. The lowest BCUT2D eigenvalue weighted by molar-refractivity contribution is 0.0945. The van der Waals surface area contributed by atoms with Crippen LogP contribution in [0.4, 0.5) is 0 Å². The lowest BCUT2D eigenvalue weighted by Crippen LogP contribution is -2.34. The Morgan fingerprint density at radius 2 is 2.00 bits per heavy atom. The van der Waals surface area contributed by atoms with Gasteiger partial charge in [0.15, 0.2) is 0 Å². The van der Waals surface area contributed by atoms with Crippen molar-refractivity contribution in [2.75, 3.05) is 20.6 Å². The molecule has 0 bridgehead atoms. The van der Waals surface area contributed by atoms with Gasteiger partial charge in [-0.2, -0.15) is 11.3 Å². The Balaban J connectivity index is 1.72. The van der Waals surface area contributed by atoms with Gasteiger partial charge in [-0.05, 0) is 38.0 Å². The molecule has 130 valence electrons. The van der Waals surface area contributed by atoms with Crippen LogP contribution >= 0.6 is 22.7 Å². The predicted octanol–water partition coefficient (Wildman–Crippen LogP) is 4.21. The van der Waals surface area contributed by atoms with Crippen molar-refractivity contribution in [1.82, 2.24) is 15.2 Å². The highest BCUT2D eigenvalue weighted by Crippen LogP contribution is 2.29. The van der Waals surface area contributed by atoms with E-state index in [1.165, 1.54) is 16.9 Å². The van der Waals surface area contributed by atoms with E-state index in [4.69, 9.17) is 0 Å². The second-order valence-electron chi connectivity index (χ2n) is 6.05. The first kappa shape index (κ1) is 17.8. The third-order valence-electron chi connectivity index (χ3n) is 4.03. The third kappa shape index (κ3) is 4.15. The van der Waals surface area contributed by atoms with Crippen LogP contribution < -0.4 is 5.32 Å². The van der Waals surface area contributed by atoms with E-state index in [0.717, 1.165) is 16.3 Å². The summed E-state index contributed by atoms with van der Waals surface area (Å²) < 4.78 is 0. The molecule has 6 heteroatoms. The Kier molecular flexibility index (Phi) is 5.63. The van der Waals surface area contributed by atoms with E-state index in [0.29, 0.717) is 11.4 Å². The SMILES string of the molecule is Cc1nc(-c2ccsc2)sc1C(=O)NCC(c1ccccc1)N(C)C. The van der Waals surface area contributed by atoms with Crippen molar-refractivity contribution < 1.29 is 4.79 Å². The minimum absolute atomic E-state index is 0.0562. The topological polar surface area (TPSA) is 45.2 Å². The van der Waals surface area contributed by atoms with Crippen molar-refractivity contribution in [1.29, 1.82) is 0 Å². The number of nitrogens with one attached hydrogen (secondary N) is 1. The van der Waals surface area contributed by atoms with Crippen molar-refractivity contribution in [2.45, 2.75) is 13.0 Å². The number of carbonyl (C=O) groups excluding carboxylic acids is 1. The van der Waals surface area contributed by atoms with Crippen molar-refractivity contribution in [2.24, 2.45) is 0 Å². The number of nitrogens with zero attached hydrogens (tertiary/aromatic N) is 2. The lowest BCUT2D eigenvalue weighted by atomic mass is 10.1. The third-order valence-corrected chi connectivity index (χ3v) is 5.92. The number of rotatable bonds is 6. The van der Waals surface area contributed by atoms with Crippen LogP contribution in [0.25, 0.3) is 10.6 Å². The number of thiophene rings is 1. The molecular weight excluding hydrogens is 350 g/mol. The Labute approximate surface area is 156 Å². The molecule has 1 amide bonds. The quantitative estimate of drug-likeness (QED) is 0.706. The standard InChI is InChI=1S/C19H21N3OS2/c1-13-17(25-19(21-13)15-9-10-24-12-15)18(23)20-11-16(22(2)3)14-7-5-4-6-8-14/h4-10,12,16H,11H2,1-3H3,(H,20,23). The van der Waals surface area contributed by atoms with Gasteiger partial charge < -0.3 is 10.2 Å². The molecule has 25 heavy (non-hydrogen) atoms. The van der Waals surface area contributed by atoms with Crippen LogP contribution in [0, 0.1) is 6.92 Å². The molecule has 3 rings (SSSR count). The number of hydrogen-bond donors (Lipinski definition) is 1. The fourth-order valence-corrected chi connectivity index (χ4v) is 4.35. The fraction of sp³-hybridized carbons (Fsp3) is 0.263. The average Bonchev–Trinajstić information content (AvgIpc) is 3.25. The maximum absolute atomic E-state index is 12.7. The van der Waals surface area contributed by atoms with Crippen molar-refractivity contribution in [3.8, 4) is 10.6 Å². The molecule has 0 aliphatic carbocycles. The smallest absolute Gasteiger partial charge is 0.263 e. The van der Waals surface area contributed by atoms with Gasteiger partial charge in [0.1, 0.15) is 9.88 Å². The molecule has 2 heterocycles. The van der Waals surface area contributed by atoms with Crippen LogP contribution in [0.3, 0.4) is 0 Å². The van der Waals surface area contributed by atoms with Crippen LogP contribution in [-0.4, -0.2) is 36.4 Å². The summed E-state index contributed by atoms with van der Waals surface area (Å²) in [5, 5.41) is 8.04. The Morgan fingerprint density at radius 3 is 2.64 bits per heavy atom. The van der Waals surface area contributed by atoms with E-state index in [-0.39, 0.29) is 11.9 Å². The second kappa shape index (κ2) is 7.91. The van der Waals surface area contributed by atoms with Crippen molar-refractivity contribution >= 4 is 28.6 Å². The van der Waals surface area contributed by atoms with Crippen molar-refractivity contribution in [3.63, 3.8) is 0 Å². The van der Waals surface area contributed by atoms with Gasteiger partial charge in [0.2, 0.25) is 0 Å². The summed E-state index contributed by atoms with van der Waals surface area (Å²) >= 11 is 3.08. The summed E-state index contributed by atoms with van der Waals surface area (Å²) in [5.74, 6) is -0.0562. The van der Waals surface area contributed by atoms with Gasteiger partial charge in [0.05, 0.1) is 11.7 Å². The van der Waals surface area contributed by atoms with E-state index >= 15 is 0 Å². The first-order chi connectivity index (χ1) is 12.1. The van der Waals surface area contributed by atoms with Crippen LogP contribution in [-0.2, 0) is 0 Å². The molecule has 0 saturated carbocycles.